The molecule has 2 aliphatic rings. The van der Waals surface area contributed by atoms with Gasteiger partial charge in [-0.25, -0.2) is 13.4 Å². The van der Waals surface area contributed by atoms with Crippen LogP contribution in [0, 0.1) is 5.92 Å². The van der Waals surface area contributed by atoms with Gasteiger partial charge in [-0.05, 0) is 25.2 Å². The van der Waals surface area contributed by atoms with E-state index in [0.29, 0.717) is 32.7 Å². The summed E-state index contributed by atoms with van der Waals surface area (Å²) in [6, 6.07) is -0.197. The van der Waals surface area contributed by atoms with E-state index in [9.17, 15) is 13.2 Å². The van der Waals surface area contributed by atoms with Gasteiger partial charge in [0.05, 0.1) is 30.3 Å². The number of nitrogens with zero attached hydrogens (tertiary/aromatic N) is 3. The lowest BCUT2D eigenvalue weighted by atomic mass is 9.91. The van der Waals surface area contributed by atoms with Gasteiger partial charge in [-0.2, -0.15) is 0 Å². The van der Waals surface area contributed by atoms with Gasteiger partial charge in [0.1, 0.15) is 0 Å². The molecule has 0 radical (unpaired) electrons. The molecule has 1 N–H and O–H groups in total. The van der Waals surface area contributed by atoms with Crippen molar-refractivity contribution >= 4 is 15.7 Å². The molecule has 1 aliphatic heterocycles. The summed E-state index contributed by atoms with van der Waals surface area (Å²) < 4.78 is 33.3. The number of carbonyl (C=O) groups excluding carboxylic acids is 1. The number of rotatable bonds is 9. The maximum atomic E-state index is 13.2. The zero-order valence-electron chi connectivity index (χ0n) is 17.6. The maximum absolute atomic E-state index is 13.2. The summed E-state index contributed by atoms with van der Waals surface area (Å²) in [7, 11) is -1.87. The highest BCUT2D eigenvalue weighted by molar-refractivity contribution is 7.91. The summed E-state index contributed by atoms with van der Waals surface area (Å²) in [6.45, 7) is 4.68. The topological polar surface area (TPSA) is 93.5 Å². The van der Waals surface area contributed by atoms with Gasteiger partial charge in [0.2, 0.25) is 20.9 Å². The average molecular weight is 427 g/mol. The van der Waals surface area contributed by atoms with Crippen molar-refractivity contribution in [3.05, 3.63) is 11.9 Å². The number of sulfone groups is 1. The fraction of sp³-hybridized carbons (Fsp3) is 0.800. The third kappa shape index (κ3) is 5.38. The molecule has 3 rings (SSSR count). The minimum atomic E-state index is -3.47. The Hall–Kier alpha value is -1.45. The van der Waals surface area contributed by atoms with Crippen LogP contribution in [0.5, 0.6) is 0 Å². The van der Waals surface area contributed by atoms with Crippen LogP contribution in [0.15, 0.2) is 11.4 Å². The molecule has 0 unspecified atom stereocenters. The van der Waals surface area contributed by atoms with E-state index in [-0.39, 0.29) is 28.8 Å². The van der Waals surface area contributed by atoms with Crippen molar-refractivity contribution in [2.24, 2.45) is 5.92 Å². The van der Waals surface area contributed by atoms with Gasteiger partial charge in [0.25, 0.3) is 0 Å². The smallest absolute Gasteiger partial charge is 0.237 e. The zero-order chi connectivity index (χ0) is 20.9. The molecule has 8 nitrogen and oxygen atoms in total. The summed E-state index contributed by atoms with van der Waals surface area (Å²) in [5.41, 5.74) is 0.817. The summed E-state index contributed by atoms with van der Waals surface area (Å²) in [5.74, 6) is 0.423. The summed E-state index contributed by atoms with van der Waals surface area (Å²) in [5, 5.41) is 3.05. The highest BCUT2D eigenvalue weighted by Crippen LogP contribution is 2.27. The van der Waals surface area contributed by atoms with Gasteiger partial charge in [0.15, 0.2) is 0 Å². The van der Waals surface area contributed by atoms with Gasteiger partial charge in [-0.3, -0.25) is 9.69 Å². The SMILES string of the molecule is CC[C@@H]1C(=O)NCCN1Cc1cnc(S(=O)(=O)CC2CCCCC2)n1CCOC. The molecule has 164 valence electrons. The number of nitrogens with one attached hydrogen (secondary N) is 1. The van der Waals surface area contributed by atoms with Crippen LogP contribution in [-0.4, -0.2) is 67.4 Å². The molecular weight excluding hydrogens is 392 g/mol. The predicted octanol–water partition coefficient (Wildman–Crippen LogP) is 1.59. The van der Waals surface area contributed by atoms with E-state index in [1.807, 2.05) is 6.92 Å². The van der Waals surface area contributed by atoms with Crippen molar-refractivity contribution in [1.29, 1.82) is 0 Å². The second-order valence-corrected chi connectivity index (χ2v) is 10.1. The van der Waals surface area contributed by atoms with Crippen LogP contribution in [-0.2, 0) is 32.5 Å². The Morgan fingerprint density at radius 1 is 1.28 bits per heavy atom. The van der Waals surface area contributed by atoms with Crippen molar-refractivity contribution in [3.8, 4) is 0 Å². The Labute approximate surface area is 173 Å². The molecule has 0 aromatic carbocycles. The number of aromatic nitrogens is 2. The molecule has 1 aromatic heterocycles. The van der Waals surface area contributed by atoms with Gasteiger partial charge >= 0.3 is 0 Å². The first-order chi connectivity index (χ1) is 14.0. The minimum absolute atomic E-state index is 0.0341. The van der Waals surface area contributed by atoms with Crippen LogP contribution in [0.2, 0.25) is 0 Å². The molecular formula is C20H34N4O4S. The molecule has 1 saturated carbocycles. The van der Waals surface area contributed by atoms with Crippen LogP contribution in [0.25, 0.3) is 0 Å². The quantitative estimate of drug-likeness (QED) is 0.645. The van der Waals surface area contributed by atoms with Crippen LogP contribution < -0.4 is 5.32 Å². The molecule has 0 spiro atoms. The molecule has 9 heteroatoms. The first-order valence-corrected chi connectivity index (χ1v) is 12.4. The summed E-state index contributed by atoms with van der Waals surface area (Å²) in [6.07, 6.45) is 7.74. The highest BCUT2D eigenvalue weighted by Gasteiger charge is 2.31. The van der Waals surface area contributed by atoms with Crippen molar-refractivity contribution in [1.82, 2.24) is 19.8 Å². The largest absolute Gasteiger partial charge is 0.383 e. The van der Waals surface area contributed by atoms with Crippen molar-refractivity contribution in [3.63, 3.8) is 0 Å². The van der Waals surface area contributed by atoms with Gasteiger partial charge in [-0.1, -0.05) is 26.2 Å². The molecule has 29 heavy (non-hydrogen) atoms. The Morgan fingerprint density at radius 3 is 2.72 bits per heavy atom. The third-order valence-corrected chi connectivity index (χ3v) is 7.86. The lowest BCUT2D eigenvalue weighted by Crippen LogP contribution is -2.54. The van der Waals surface area contributed by atoms with Crippen molar-refractivity contribution < 1.29 is 17.9 Å². The average Bonchev–Trinajstić information content (AvgIpc) is 3.10. The number of piperazine rings is 1. The first kappa shape index (κ1) is 22.2. The number of ether oxygens (including phenoxy) is 1. The van der Waals surface area contributed by atoms with E-state index in [2.05, 4.69) is 15.2 Å². The van der Waals surface area contributed by atoms with Crippen LogP contribution in [0.1, 0.15) is 51.1 Å². The fourth-order valence-corrected chi connectivity index (χ4v) is 6.39. The lowest BCUT2D eigenvalue weighted by molar-refractivity contribution is -0.129. The van der Waals surface area contributed by atoms with E-state index in [1.165, 1.54) is 6.42 Å². The highest BCUT2D eigenvalue weighted by atomic mass is 32.2. The number of hydrogen-bond donors (Lipinski definition) is 1. The molecule has 1 aliphatic carbocycles. The molecule has 1 aromatic rings. The first-order valence-electron chi connectivity index (χ1n) is 10.7. The molecule has 2 fully saturated rings. The predicted molar refractivity (Wildman–Crippen MR) is 110 cm³/mol. The molecule has 1 atom stereocenters. The maximum Gasteiger partial charge on any atom is 0.237 e. The van der Waals surface area contributed by atoms with Crippen molar-refractivity contribution in [2.45, 2.75) is 69.7 Å². The Balaban J connectivity index is 1.83. The number of methoxy groups -OCH3 is 1. The zero-order valence-corrected chi connectivity index (χ0v) is 18.4. The Morgan fingerprint density at radius 2 is 2.03 bits per heavy atom. The third-order valence-electron chi connectivity index (χ3n) is 6.07. The second-order valence-electron chi connectivity index (χ2n) is 8.15. The van der Waals surface area contributed by atoms with Crippen LogP contribution in [0.3, 0.4) is 0 Å². The van der Waals surface area contributed by atoms with Gasteiger partial charge < -0.3 is 14.6 Å². The van der Waals surface area contributed by atoms with Gasteiger partial charge in [-0.15, -0.1) is 0 Å². The fourth-order valence-electron chi connectivity index (χ4n) is 4.53. The number of hydrogen-bond acceptors (Lipinski definition) is 6. The number of amides is 1. The summed E-state index contributed by atoms with van der Waals surface area (Å²) in [4.78, 5) is 18.6. The second kappa shape index (κ2) is 10.0. The van der Waals surface area contributed by atoms with Crippen LogP contribution >= 0.6 is 0 Å². The molecule has 1 saturated heterocycles. The standard InChI is InChI=1S/C20H34N4O4S/c1-3-18-19(25)21-9-10-23(18)14-17-13-22-20(24(17)11-12-28-2)29(26,27)15-16-7-5-4-6-8-16/h13,16,18H,3-12,14-15H2,1-2H3,(H,21,25)/t18-/m1/s1. The van der Waals surface area contributed by atoms with E-state index >= 15 is 0 Å². The van der Waals surface area contributed by atoms with E-state index in [1.54, 1.807) is 17.9 Å². The normalized spacial score (nSPS) is 22.0. The van der Waals surface area contributed by atoms with E-state index < -0.39 is 9.84 Å². The van der Waals surface area contributed by atoms with E-state index in [4.69, 9.17) is 4.74 Å². The Bertz CT molecular complexity index is 786. The van der Waals surface area contributed by atoms with Crippen LogP contribution in [0.4, 0.5) is 0 Å². The lowest BCUT2D eigenvalue weighted by Gasteiger charge is -2.34. The molecule has 2 heterocycles. The minimum Gasteiger partial charge on any atom is -0.383 e. The number of imidazole rings is 1. The summed E-state index contributed by atoms with van der Waals surface area (Å²) >= 11 is 0. The van der Waals surface area contributed by atoms with Gasteiger partial charge in [0, 0.05) is 33.3 Å². The Kier molecular flexibility index (Phi) is 7.70. The number of carbonyl (C=O) groups is 1. The monoisotopic (exact) mass is 426 g/mol. The molecule has 1 amide bonds. The van der Waals surface area contributed by atoms with Crippen molar-refractivity contribution in [2.75, 3.05) is 32.6 Å². The molecule has 0 bridgehead atoms. The van der Waals surface area contributed by atoms with E-state index in [0.717, 1.165) is 37.9 Å².